The van der Waals surface area contributed by atoms with Gasteiger partial charge in [0.1, 0.15) is 10.7 Å². The highest BCUT2D eigenvalue weighted by molar-refractivity contribution is 6.29. The molecule has 0 unspecified atom stereocenters. The maximum atomic E-state index is 12.1. The third-order valence-corrected chi connectivity index (χ3v) is 4.00. The fraction of sp³-hybridized carbons (Fsp3) is 0.533. The largest absolute Gasteiger partial charge is 0.390 e. The first-order valence-corrected chi connectivity index (χ1v) is 7.78. The van der Waals surface area contributed by atoms with E-state index in [0.717, 1.165) is 19.3 Å². The summed E-state index contributed by atoms with van der Waals surface area (Å²) in [5.74, 6) is 0.207. The van der Waals surface area contributed by atoms with Gasteiger partial charge in [0.05, 0.1) is 12.0 Å². The number of imidazole rings is 1. The maximum Gasteiger partial charge on any atom is 0.229 e. The summed E-state index contributed by atoms with van der Waals surface area (Å²) in [6.07, 6.45) is 3.24. The van der Waals surface area contributed by atoms with Gasteiger partial charge >= 0.3 is 0 Å². The van der Waals surface area contributed by atoms with Gasteiger partial charge in [0, 0.05) is 6.04 Å². The molecule has 1 fully saturated rings. The first kappa shape index (κ1) is 15.2. The van der Waals surface area contributed by atoms with Gasteiger partial charge in [-0.25, -0.2) is 9.97 Å². The molecule has 0 aromatic carbocycles. The van der Waals surface area contributed by atoms with Crippen LogP contribution in [-0.2, 0) is 4.79 Å². The van der Waals surface area contributed by atoms with Crippen molar-refractivity contribution in [3.8, 4) is 0 Å². The number of aliphatic hydroxyl groups is 1. The zero-order valence-corrected chi connectivity index (χ0v) is 13.4. The predicted octanol–water partition coefficient (Wildman–Crippen LogP) is 2.91. The van der Waals surface area contributed by atoms with Crippen LogP contribution in [0.25, 0.3) is 11.2 Å². The topological polar surface area (TPSA) is 80.0 Å². The van der Waals surface area contributed by atoms with Crippen LogP contribution >= 0.6 is 11.6 Å². The fourth-order valence-corrected chi connectivity index (χ4v) is 2.73. The van der Waals surface area contributed by atoms with E-state index in [2.05, 4.69) is 15.3 Å². The number of rotatable bonds is 4. The zero-order chi connectivity index (χ0) is 15.9. The van der Waals surface area contributed by atoms with Crippen LogP contribution in [0.2, 0.25) is 5.15 Å². The van der Waals surface area contributed by atoms with E-state index in [4.69, 9.17) is 11.6 Å². The molecule has 1 aliphatic carbocycles. The Labute approximate surface area is 133 Å². The summed E-state index contributed by atoms with van der Waals surface area (Å²) in [6.45, 7) is 3.20. The van der Waals surface area contributed by atoms with Gasteiger partial charge in [-0.1, -0.05) is 11.6 Å². The Morgan fingerprint density at radius 3 is 2.77 bits per heavy atom. The van der Waals surface area contributed by atoms with Gasteiger partial charge in [0.2, 0.25) is 11.9 Å². The lowest BCUT2D eigenvalue weighted by Crippen LogP contribution is -2.29. The fourth-order valence-electron chi connectivity index (χ4n) is 2.59. The van der Waals surface area contributed by atoms with Crippen LogP contribution in [0.15, 0.2) is 12.1 Å². The number of hydrogen-bond donors (Lipinski definition) is 2. The molecule has 1 aliphatic rings. The molecule has 0 bridgehead atoms. The van der Waals surface area contributed by atoms with Crippen molar-refractivity contribution in [1.29, 1.82) is 0 Å². The van der Waals surface area contributed by atoms with Gasteiger partial charge in [0.15, 0.2) is 5.65 Å². The van der Waals surface area contributed by atoms with Crippen LogP contribution in [0.3, 0.4) is 0 Å². The number of aromatic nitrogens is 3. The average molecular weight is 323 g/mol. The van der Waals surface area contributed by atoms with Crippen molar-refractivity contribution in [2.24, 2.45) is 0 Å². The molecule has 118 valence electrons. The van der Waals surface area contributed by atoms with Gasteiger partial charge in [-0.2, -0.15) is 0 Å². The Hall–Kier alpha value is -1.66. The highest BCUT2D eigenvalue weighted by atomic mass is 35.5. The number of pyridine rings is 1. The van der Waals surface area contributed by atoms with Gasteiger partial charge in [-0.05, 0) is 45.2 Å². The summed E-state index contributed by atoms with van der Waals surface area (Å²) in [6, 6.07) is 3.77. The predicted molar refractivity (Wildman–Crippen MR) is 85.0 cm³/mol. The lowest BCUT2D eigenvalue weighted by Gasteiger charge is -2.28. The number of carbonyl (C=O) groups excluding carboxylic acids is 1. The molecule has 2 heterocycles. The molecule has 2 aromatic heterocycles. The summed E-state index contributed by atoms with van der Waals surface area (Å²) in [5, 5.41) is 13.0. The van der Waals surface area contributed by atoms with E-state index < -0.39 is 5.60 Å². The van der Waals surface area contributed by atoms with Gasteiger partial charge in [-0.3, -0.25) is 14.7 Å². The highest BCUT2D eigenvalue weighted by Gasteiger charge is 2.27. The van der Waals surface area contributed by atoms with E-state index in [1.807, 2.05) is 4.57 Å². The normalized spacial score (nSPS) is 15.8. The zero-order valence-electron chi connectivity index (χ0n) is 12.6. The third kappa shape index (κ3) is 3.08. The molecule has 0 saturated heterocycles. The Balaban J connectivity index is 1.96. The molecule has 0 atom stereocenters. The average Bonchev–Trinajstić information content (AvgIpc) is 2.63. The summed E-state index contributed by atoms with van der Waals surface area (Å²) in [5.41, 5.74) is 0.337. The second kappa shape index (κ2) is 5.52. The lowest BCUT2D eigenvalue weighted by atomic mass is 9.93. The van der Waals surface area contributed by atoms with Gasteiger partial charge in [0.25, 0.3) is 0 Å². The number of amides is 1. The van der Waals surface area contributed by atoms with E-state index in [1.54, 1.807) is 26.0 Å². The van der Waals surface area contributed by atoms with Crippen molar-refractivity contribution in [2.75, 3.05) is 5.32 Å². The third-order valence-electron chi connectivity index (χ3n) is 3.79. The number of halogens is 1. The smallest absolute Gasteiger partial charge is 0.229 e. The maximum absolute atomic E-state index is 12.1. The standard InChI is InChI=1S/C15H19ClN4O2/c1-15(2,22)8-12(21)19-14-17-10-6-7-11(16)18-13(10)20(14)9-4-3-5-9/h6-7,9,22H,3-5,8H2,1-2H3,(H,17,19,21). The van der Waals surface area contributed by atoms with Crippen molar-refractivity contribution >= 4 is 34.6 Å². The first-order chi connectivity index (χ1) is 10.3. The number of fused-ring (bicyclic) bond motifs is 1. The van der Waals surface area contributed by atoms with E-state index in [9.17, 15) is 9.90 Å². The monoisotopic (exact) mass is 322 g/mol. The number of carbonyl (C=O) groups is 1. The lowest BCUT2D eigenvalue weighted by molar-refractivity contribution is -0.119. The second-order valence-corrected chi connectivity index (χ2v) is 6.79. The number of hydrogen-bond acceptors (Lipinski definition) is 4. The van der Waals surface area contributed by atoms with Crippen molar-refractivity contribution in [2.45, 2.75) is 51.2 Å². The molecule has 2 N–H and O–H groups in total. The number of nitrogens with one attached hydrogen (secondary N) is 1. The van der Waals surface area contributed by atoms with Crippen LogP contribution in [0.4, 0.5) is 5.95 Å². The molecule has 0 radical (unpaired) electrons. The molecular weight excluding hydrogens is 304 g/mol. The molecule has 6 nitrogen and oxygen atoms in total. The van der Waals surface area contributed by atoms with E-state index >= 15 is 0 Å². The Morgan fingerprint density at radius 2 is 2.18 bits per heavy atom. The SMILES string of the molecule is CC(C)(O)CC(=O)Nc1nc2ccc(Cl)nc2n1C1CCC1. The summed E-state index contributed by atoms with van der Waals surface area (Å²) in [7, 11) is 0. The molecular formula is C15H19ClN4O2. The molecule has 0 aliphatic heterocycles. The second-order valence-electron chi connectivity index (χ2n) is 6.40. The van der Waals surface area contributed by atoms with Crippen LogP contribution in [0, 0.1) is 0 Å². The Morgan fingerprint density at radius 1 is 1.45 bits per heavy atom. The Kier molecular flexibility index (Phi) is 3.82. The van der Waals surface area contributed by atoms with Crippen molar-refractivity contribution < 1.29 is 9.90 Å². The summed E-state index contributed by atoms with van der Waals surface area (Å²) in [4.78, 5) is 20.9. The molecule has 1 amide bonds. The summed E-state index contributed by atoms with van der Waals surface area (Å²) < 4.78 is 1.95. The Bertz CT molecular complexity index is 716. The van der Waals surface area contributed by atoms with E-state index in [1.165, 1.54) is 0 Å². The molecule has 2 aromatic rings. The quantitative estimate of drug-likeness (QED) is 0.848. The van der Waals surface area contributed by atoms with Gasteiger partial charge in [-0.15, -0.1) is 0 Å². The van der Waals surface area contributed by atoms with Crippen molar-refractivity contribution in [3.05, 3.63) is 17.3 Å². The minimum atomic E-state index is -1.06. The molecule has 7 heteroatoms. The minimum Gasteiger partial charge on any atom is -0.390 e. The number of anilines is 1. The highest BCUT2D eigenvalue weighted by Crippen LogP contribution is 2.37. The van der Waals surface area contributed by atoms with Crippen molar-refractivity contribution in [3.63, 3.8) is 0 Å². The van der Waals surface area contributed by atoms with Crippen LogP contribution in [-0.4, -0.2) is 31.1 Å². The van der Waals surface area contributed by atoms with E-state index in [-0.39, 0.29) is 18.4 Å². The van der Waals surface area contributed by atoms with E-state index in [0.29, 0.717) is 22.3 Å². The number of nitrogens with zero attached hydrogens (tertiary/aromatic N) is 3. The van der Waals surface area contributed by atoms with Gasteiger partial charge < -0.3 is 5.11 Å². The molecule has 0 spiro atoms. The molecule has 1 saturated carbocycles. The van der Waals surface area contributed by atoms with Crippen LogP contribution in [0.1, 0.15) is 45.6 Å². The van der Waals surface area contributed by atoms with Crippen LogP contribution < -0.4 is 5.32 Å². The first-order valence-electron chi connectivity index (χ1n) is 7.40. The molecule has 22 heavy (non-hydrogen) atoms. The van der Waals surface area contributed by atoms with Crippen molar-refractivity contribution in [1.82, 2.24) is 14.5 Å². The molecule has 3 rings (SSSR count). The summed E-state index contributed by atoms with van der Waals surface area (Å²) >= 11 is 5.99. The minimum absolute atomic E-state index is 0.00898. The van der Waals surface area contributed by atoms with Crippen LogP contribution in [0.5, 0.6) is 0 Å².